The maximum absolute atomic E-state index is 12.8. The van der Waals surface area contributed by atoms with Crippen LogP contribution in [0.2, 0.25) is 0 Å². The molecule has 8 nitrogen and oxygen atoms in total. The molecule has 0 atom stereocenters. The monoisotopic (exact) mass is 460 g/mol. The van der Waals surface area contributed by atoms with E-state index in [1.165, 1.54) is 17.9 Å². The van der Waals surface area contributed by atoms with E-state index in [0.717, 1.165) is 10.6 Å². The number of nitrogens with one attached hydrogen (secondary N) is 1. The van der Waals surface area contributed by atoms with Crippen LogP contribution in [0, 0.1) is 6.92 Å². The molecule has 1 N–H and O–H groups in total. The Morgan fingerprint density at radius 3 is 2.18 bits per heavy atom. The highest BCUT2D eigenvalue weighted by Crippen LogP contribution is 2.19. The molecule has 1 aliphatic heterocycles. The summed E-state index contributed by atoms with van der Waals surface area (Å²) in [4.78, 5) is 38.0. The zero-order valence-electron chi connectivity index (χ0n) is 18.7. The molecule has 2 aromatic carbocycles. The average Bonchev–Trinajstić information content (AvgIpc) is 3.35. The second-order valence-electron chi connectivity index (χ2n) is 7.72. The minimum absolute atomic E-state index is 0.0668. The Balaban J connectivity index is 1.31. The Labute approximate surface area is 196 Å². The second kappa shape index (κ2) is 10.5. The number of furan rings is 1. The van der Waals surface area contributed by atoms with Crippen LogP contribution in [0.25, 0.3) is 6.08 Å². The Morgan fingerprint density at radius 1 is 0.912 bits per heavy atom. The number of carbonyl (C=O) groups is 3. The van der Waals surface area contributed by atoms with E-state index in [-0.39, 0.29) is 12.1 Å². The number of carbonyl (C=O) groups excluding carboxylic acids is 3. The van der Waals surface area contributed by atoms with Gasteiger partial charge in [0.2, 0.25) is 0 Å². The van der Waals surface area contributed by atoms with Gasteiger partial charge in [-0.1, -0.05) is 29.8 Å². The van der Waals surface area contributed by atoms with Crippen LogP contribution in [0.1, 0.15) is 23.3 Å². The Morgan fingerprint density at radius 2 is 1.56 bits per heavy atom. The van der Waals surface area contributed by atoms with Crippen molar-refractivity contribution in [2.75, 3.05) is 13.2 Å². The quantitative estimate of drug-likeness (QED) is 0.293. The van der Waals surface area contributed by atoms with Gasteiger partial charge in [0.25, 0.3) is 11.8 Å². The van der Waals surface area contributed by atoms with E-state index >= 15 is 0 Å². The molecule has 0 radical (unpaired) electrons. The van der Waals surface area contributed by atoms with Gasteiger partial charge < -0.3 is 13.9 Å². The van der Waals surface area contributed by atoms with E-state index in [4.69, 9.17) is 13.9 Å². The number of imide groups is 2. The van der Waals surface area contributed by atoms with Gasteiger partial charge in [0.1, 0.15) is 22.8 Å². The third-order valence-corrected chi connectivity index (χ3v) is 5.12. The Hall–Kier alpha value is -4.33. The van der Waals surface area contributed by atoms with Gasteiger partial charge in [-0.05, 0) is 55.0 Å². The lowest BCUT2D eigenvalue weighted by Gasteiger charge is -2.25. The molecular weight excluding hydrogens is 436 g/mol. The van der Waals surface area contributed by atoms with Crippen molar-refractivity contribution >= 4 is 23.9 Å². The molecule has 174 valence electrons. The molecule has 3 aromatic rings. The first kappa shape index (κ1) is 22.8. The van der Waals surface area contributed by atoms with Gasteiger partial charge >= 0.3 is 6.03 Å². The van der Waals surface area contributed by atoms with Crippen molar-refractivity contribution < 1.29 is 28.3 Å². The summed E-state index contributed by atoms with van der Waals surface area (Å²) in [5.74, 6) is 0.502. The summed E-state index contributed by atoms with van der Waals surface area (Å²) < 4.78 is 16.6. The van der Waals surface area contributed by atoms with Crippen LogP contribution >= 0.6 is 0 Å². The van der Waals surface area contributed by atoms with Crippen molar-refractivity contribution in [1.29, 1.82) is 0 Å². The summed E-state index contributed by atoms with van der Waals surface area (Å²) in [6.07, 6.45) is 3.61. The number of rotatable bonds is 9. The fourth-order valence-corrected chi connectivity index (χ4v) is 3.30. The zero-order chi connectivity index (χ0) is 23.9. The number of barbiturate groups is 1. The predicted molar refractivity (Wildman–Crippen MR) is 124 cm³/mol. The van der Waals surface area contributed by atoms with Crippen molar-refractivity contribution in [3.8, 4) is 11.5 Å². The van der Waals surface area contributed by atoms with Crippen LogP contribution in [0.5, 0.6) is 11.5 Å². The molecule has 0 saturated carbocycles. The molecule has 1 fully saturated rings. The molecule has 4 amide bonds. The lowest BCUT2D eigenvalue weighted by Crippen LogP contribution is -2.53. The van der Waals surface area contributed by atoms with E-state index in [0.29, 0.717) is 36.7 Å². The van der Waals surface area contributed by atoms with Gasteiger partial charge in [0.05, 0.1) is 26.0 Å². The van der Waals surface area contributed by atoms with Gasteiger partial charge in [-0.3, -0.25) is 19.8 Å². The fourth-order valence-electron chi connectivity index (χ4n) is 3.30. The summed E-state index contributed by atoms with van der Waals surface area (Å²) in [7, 11) is 0. The third kappa shape index (κ3) is 5.72. The normalized spacial score (nSPS) is 14.9. The minimum atomic E-state index is -0.779. The highest BCUT2D eigenvalue weighted by molar-refractivity contribution is 6.30. The number of urea groups is 1. The molecule has 1 saturated heterocycles. The summed E-state index contributed by atoms with van der Waals surface area (Å²) in [5, 5.41) is 2.19. The van der Waals surface area contributed by atoms with Crippen LogP contribution in [0.15, 0.2) is 76.9 Å². The first-order valence-corrected chi connectivity index (χ1v) is 10.8. The van der Waals surface area contributed by atoms with Gasteiger partial charge in [0, 0.05) is 6.42 Å². The third-order valence-electron chi connectivity index (χ3n) is 5.12. The fraction of sp³-hybridized carbons (Fsp3) is 0.192. The van der Waals surface area contributed by atoms with Crippen LogP contribution < -0.4 is 14.8 Å². The summed E-state index contributed by atoms with van der Waals surface area (Å²) in [6, 6.07) is 17.4. The molecule has 34 heavy (non-hydrogen) atoms. The predicted octanol–water partition coefficient (Wildman–Crippen LogP) is 4.10. The highest BCUT2D eigenvalue weighted by Gasteiger charge is 2.36. The Bertz CT molecular complexity index is 1180. The van der Waals surface area contributed by atoms with Crippen molar-refractivity contribution in [2.45, 2.75) is 19.9 Å². The van der Waals surface area contributed by atoms with E-state index in [1.54, 1.807) is 36.4 Å². The standard InChI is InChI=1S/C26H24N2O6/c1-18-5-9-20(10-6-18)32-14-3-15-33-21-11-7-19(8-12-21)16-23-24(29)27-26(31)28(25(23)30)17-22-4-2-13-34-22/h2,4-13,16H,3,14-15,17H2,1H3,(H,27,29,31). The van der Waals surface area contributed by atoms with Crippen LogP contribution in [-0.2, 0) is 16.1 Å². The maximum atomic E-state index is 12.8. The molecule has 2 heterocycles. The summed E-state index contributed by atoms with van der Waals surface area (Å²) >= 11 is 0. The minimum Gasteiger partial charge on any atom is -0.493 e. The largest absolute Gasteiger partial charge is 0.493 e. The lowest BCUT2D eigenvalue weighted by atomic mass is 10.1. The zero-order valence-corrected chi connectivity index (χ0v) is 18.7. The van der Waals surface area contributed by atoms with Gasteiger partial charge in [-0.15, -0.1) is 0 Å². The van der Waals surface area contributed by atoms with Gasteiger partial charge in [-0.25, -0.2) is 4.79 Å². The van der Waals surface area contributed by atoms with Crippen molar-refractivity contribution in [1.82, 2.24) is 10.2 Å². The molecule has 8 heteroatoms. The summed E-state index contributed by atoms with van der Waals surface area (Å²) in [6.45, 7) is 2.98. The SMILES string of the molecule is Cc1ccc(OCCCOc2ccc(C=C3C(=O)NC(=O)N(Cc4ccco4)C3=O)cc2)cc1. The average molecular weight is 460 g/mol. The topological polar surface area (TPSA) is 98.1 Å². The number of hydrogen-bond donors (Lipinski definition) is 1. The van der Waals surface area contributed by atoms with Crippen LogP contribution in [0.4, 0.5) is 4.79 Å². The van der Waals surface area contributed by atoms with E-state index < -0.39 is 17.8 Å². The van der Waals surface area contributed by atoms with Gasteiger partial charge in [0.15, 0.2) is 0 Å². The highest BCUT2D eigenvalue weighted by atomic mass is 16.5. The smallest absolute Gasteiger partial charge is 0.331 e. The van der Waals surface area contributed by atoms with Crippen molar-refractivity contribution in [3.05, 3.63) is 89.4 Å². The number of amides is 4. The Kier molecular flexibility index (Phi) is 7.07. The van der Waals surface area contributed by atoms with Crippen molar-refractivity contribution in [2.24, 2.45) is 0 Å². The van der Waals surface area contributed by atoms with E-state index in [1.807, 2.05) is 31.2 Å². The molecule has 0 unspecified atom stereocenters. The first-order chi connectivity index (χ1) is 16.5. The number of nitrogens with zero attached hydrogens (tertiary/aromatic N) is 1. The molecule has 1 aliphatic rings. The number of ether oxygens (including phenoxy) is 2. The molecule has 0 aliphatic carbocycles. The number of benzene rings is 2. The second-order valence-corrected chi connectivity index (χ2v) is 7.72. The van der Waals surface area contributed by atoms with Crippen LogP contribution in [-0.4, -0.2) is 36.0 Å². The molecule has 0 bridgehead atoms. The first-order valence-electron chi connectivity index (χ1n) is 10.8. The van der Waals surface area contributed by atoms with Crippen LogP contribution in [0.3, 0.4) is 0 Å². The number of hydrogen-bond acceptors (Lipinski definition) is 6. The molecule has 1 aromatic heterocycles. The molecule has 0 spiro atoms. The van der Waals surface area contributed by atoms with E-state index in [9.17, 15) is 14.4 Å². The van der Waals surface area contributed by atoms with E-state index in [2.05, 4.69) is 5.32 Å². The van der Waals surface area contributed by atoms with Gasteiger partial charge in [-0.2, -0.15) is 0 Å². The summed E-state index contributed by atoms with van der Waals surface area (Å²) in [5.41, 5.74) is 1.68. The van der Waals surface area contributed by atoms with Crippen molar-refractivity contribution in [3.63, 3.8) is 0 Å². The molecule has 4 rings (SSSR count). The number of aryl methyl sites for hydroxylation is 1. The lowest BCUT2D eigenvalue weighted by molar-refractivity contribution is -0.130. The molecular formula is C26H24N2O6. The maximum Gasteiger partial charge on any atom is 0.331 e.